The molecule has 3 aromatic rings. The van der Waals surface area contributed by atoms with E-state index in [9.17, 15) is 9.90 Å². The van der Waals surface area contributed by atoms with E-state index in [4.69, 9.17) is 19.9 Å². The molecule has 0 saturated carbocycles. The van der Waals surface area contributed by atoms with Crippen LogP contribution < -0.4 is 24.8 Å². The van der Waals surface area contributed by atoms with Crippen LogP contribution in [0.2, 0.25) is 0 Å². The van der Waals surface area contributed by atoms with Crippen molar-refractivity contribution < 1.29 is 24.1 Å². The lowest BCUT2D eigenvalue weighted by Crippen LogP contribution is -2.43. The van der Waals surface area contributed by atoms with E-state index in [0.717, 1.165) is 40.9 Å². The summed E-state index contributed by atoms with van der Waals surface area (Å²) in [4.78, 5) is 13.8. The molecule has 3 aromatic carbocycles. The van der Waals surface area contributed by atoms with Crippen molar-refractivity contribution >= 4 is 22.6 Å². The quantitative estimate of drug-likeness (QED) is 0.576. The predicted molar refractivity (Wildman–Crippen MR) is 129 cm³/mol. The number of aliphatic hydroxyl groups is 1. The van der Waals surface area contributed by atoms with Gasteiger partial charge in [0.1, 0.15) is 11.9 Å². The number of benzene rings is 3. The fourth-order valence-electron chi connectivity index (χ4n) is 5.88. The average molecular weight is 459 g/mol. The number of nitrogens with two attached hydrogens (primary N) is 1. The van der Waals surface area contributed by atoms with E-state index < -0.39 is 12.2 Å². The summed E-state index contributed by atoms with van der Waals surface area (Å²) >= 11 is 0. The molecule has 1 aliphatic carbocycles. The Balaban J connectivity index is 1.48. The molecule has 1 amide bonds. The van der Waals surface area contributed by atoms with Crippen LogP contribution in [0.3, 0.4) is 0 Å². The molecule has 34 heavy (non-hydrogen) atoms. The zero-order chi connectivity index (χ0) is 23.4. The molecule has 2 heterocycles. The van der Waals surface area contributed by atoms with Crippen molar-refractivity contribution in [2.24, 2.45) is 5.73 Å². The molecule has 0 saturated heterocycles. The molecule has 6 rings (SSSR count). The van der Waals surface area contributed by atoms with Gasteiger partial charge in [0.05, 0.1) is 18.6 Å². The molecule has 174 valence electrons. The Hall–Kier alpha value is -3.71. The van der Waals surface area contributed by atoms with Crippen molar-refractivity contribution in [2.75, 3.05) is 18.6 Å². The number of aliphatic hydroxyl groups excluding tert-OH is 1. The Kier molecular flexibility index (Phi) is 4.71. The molecule has 7 heteroatoms. The van der Waals surface area contributed by atoms with Crippen molar-refractivity contribution in [3.63, 3.8) is 0 Å². The third-order valence-electron chi connectivity index (χ3n) is 7.37. The Morgan fingerprint density at radius 3 is 2.79 bits per heavy atom. The van der Waals surface area contributed by atoms with E-state index in [1.807, 2.05) is 36.4 Å². The highest BCUT2D eigenvalue weighted by molar-refractivity contribution is 5.99. The number of amides is 1. The Morgan fingerprint density at radius 1 is 1.15 bits per heavy atom. The van der Waals surface area contributed by atoms with Gasteiger partial charge in [-0.15, -0.1) is 0 Å². The van der Waals surface area contributed by atoms with E-state index in [0.29, 0.717) is 18.7 Å². The molecular formula is C27H26N2O5. The van der Waals surface area contributed by atoms with Crippen LogP contribution in [0, 0.1) is 0 Å². The molecule has 1 spiro atoms. The van der Waals surface area contributed by atoms with Crippen LogP contribution in [0.4, 0.5) is 10.5 Å². The third kappa shape index (κ3) is 3.04. The number of rotatable bonds is 3. The van der Waals surface area contributed by atoms with Gasteiger partial charge in [-0.05, 0) is 30.2 Å². The first kappa shape index (κ1) is 20.9. The van der Waals surface area contributed by atoms with E-state index in [2.05, 4.69) is 23.1 Å². The first-order chi connectivity index (χ1) is 16.5. The number of carbonyl (C=O) groups is 1. The van der Waals surface area contributed by atoms with Gasteiger partial charge in [0, 0.05) is 41.5 Å². The molecule has 0 radical (unpaired) electrons. The molecule has 3 atom stereocenters. The van der Waals surface area contributed by atoms with Crippen molar-refractivity contribution in [2.45, 2.75) is 37.0 Å². The highest BCUT2D eigenvalue weighted by atomic mass is 16.5. The molecule has 0 fully saturated rings. The van der Waals surface area contributed by atoms with Crippen LogP contribution in [0.5, 0.6) is 17.2 Å². The van der Waals surface area contributed by atoms with E-state index in [1.165, 1.54) is 11.1 Å². The van der Waals surface area contributed by atoms with Crippen LogP contribution in [0.15, 0.2) is 60.7 Å². The van der Waals surface area contributed by atoms with Gasteiger partial charge in [-0.3, -0.25) is 0 Å². The normalized spacial score (nSPS) is 24.7. The number of ether oxygens (including phenoxy) is 3. The summed E-state index contributed by atoms with van der Waals surface area (Å²) in [6.45, 7) is 1.48. The zero-order valence-electron chi connectivity index (χ0n) is 18.9. The molecule has 0 aromatic heterocycles. The van der Waals surface area contributed by atoms with Crippen molar-refractivity contribution in [1.29, 1.82) is 0 Å². The number of anilines is 1. The summed E-state index contributed by atoms with van der Waals surface area (Å²) in [5.41, 5.74) is 8.38. The van der Waals surface area contributed by atoms with Gasteiger partial charge in [0.2, 0.25) is 0 Å². The summed E-state index contributed by atoms with van der Waals surface area (Å²) in [6.07, 6.45) is 3.95. The summed E-state index contributed by atoms with van der Waals surface area (Å²) in [7, 11) is 1.66. The van der Waals surface area contributed by atoms with E-state index in [1.54, 1.807) is 13.2 Å². The van der Waals surface area contributed by atoms with Gasteiger partial charge < -0.3 is 30.0 Å². The minimum absolute atomic E-state index is 0.138. The van der Waals surface area contributed by atoms with Crippen LogP contribution in [-0.4, -0.2) is 37.1 Å². The minimum Gasteiger partial charge on any atom is -0.493 e. The number of methoxy groups -OCH3 is 1. The van der Waals surface area contributed by atoms with Crippen LogP contribution in [0.1, 0.15) is 24.0 Å². The van der Waals surface area contributed by atoms with Gasteiger partial charge in [-0.25, -0.2) is 4.79 Å². The lowest BCUT2D eigenvalue weighted by Gasteiger charge is -2.36. The number of hydrogen-bond acceptors (Lipinski definition) is 6. The Bertz CT molecular complexity index is 1340. The predicted octanol–water partition coefficient (Wildman–Crippen LogP) is 4.04. The van der Waals surface area contributed by atoms with Gasteiger partial charge >= 0.3 is 6.09 Å². The van der Waals surface area contributed by atoms with E-state index >= 15 is 0 Å². The maximum Gasteiger partial charge on any atom is 0.409 e. The zero-order valence-corrected chi connectivity index (χ0v) is 18.9. The second kappa shape index (κ2) is 7.67. The summed E-state index contributed by atoms with van der Waals surface area (Å²) < 4.78 is 17.3. The topological polar surface area (TPSA) is 94.2 Å². The van der Waals surface area contributed by atoms with Crippen molar-refractivity contribution in [1.82, 2.24) is 0 Å². The van der Waals surface area contributed by atoms with Crippen LogP contribution >= 0.6 is 0 Å². The first-order valence-electron chi connectivity index (χ1n) is 11.5. The Morgan fingerprint density at radius 2 is 1.97 bits per heavy atom. The minimum atomic E-state index is -0.829. The van der Waals surface area contributed by atoms with Gasteiger partial charge in [0.15, 0.2) is 11.5 Å². The largest absolute Gasteiger partial charge is 0.493 e. The number of hydrogen-bond donors (Lipinski definition) is 2. The molecule has 2 aliphatic heterocycles. The smallest absolute Gasteiger partial charge is 0.409 e. The number of carbonyl (C=O) groups excluding carboxylic acids is 1. The third-order valence-corrected chi connectivity index (χ3v) is 7.37. The number of nitrogens with zero attached hydrogens (tertiary/aromatic N) is 1. The molecule has 7 nitrogen and oxygen atoms in total. The highest BCUT2D eigenvalue weighted by Gasteiger charge is 2.52. The standard InChI is InChI=1S/C27H26N2O5/c1-32-22-9-8-16-15-29(13-12-27-11-10-17(30)14-23(27)34-25(22)24(16)27)20-6-2-5-19-18(20)4-3-7-21(19)33-26(28)31/h2-11,17,23,30H,12-15H2,1H3,(H2,28,31)/t17-,23-,27-/m0/s1. The lowest BCUT2D eigenvalue weighted by atomic mass is 9.69. The number of primary amides is 1. The second-order valence-corrected chi connectivity index (χ2v) is 9.16. The lowest BCUT2D eigenvalue weighted by molar-refractivity contribution is 0.0856. The van der Waals surface area contributed by atoms with Crippen LogP contribution in [0.25, 0.3) is 10.8 Å². The number of fused-ring (bicyclic) bond motifs is 1. The van der Waals surface area contributed by atoms with Gasteiger partial charge in [0.25, 0.3) is 0 Å². The fourth-order valence-corrected chi connectivity index (χ4v) is 5.88. The summed E-state index contributed by atoms with van der Waals surface area (Å²) in [6, 6.07) is 15.7. The molecule has 3 aliphatic rings. The van der Waals surface area contributed by atoms with Crippen molar-refractivity contribution in [3.05, 3.63) is 71.8 Å². The van der Waals surface area contributed by atoms with Gasteiger partial charge in [-0.1, -0.05) is 42.5 Å². The van der Waals surface area contributed by atoms with Gasteiger partial charge in [-0.2, -0.15) is 0 Å². The summed E-state index contributed by atoms with van der Waals surface area (Å²) in [5, 5.41) is 12.1. The molecule has 0 bridgehead atoms. The van der Waals surface area contributed by atoms with E-state index in [-0.39, 0.29) is 11.5 Å². The SMILES string of the molecule is COc1ccc2c3c1O[C@H]1C[C@@H](O)C=C[C@@]31CCN(c1cccc3c(OC(N)=O)cccc13)C2. The van der Waals surface area contributed by atoms with Crippen LogP contribution in [-0.2, 0) is 12.0 Å². The maximum absolute atomic E-state index is 11.4. The molecular weight excluding hydrogens is 432 g/mol. The summed E-state index contributed by atoms with van der Waals surface area (Å²) in [5.74, 6) is 1.97. The monoisotopic (exact) mass is 458 g/mol. The average Bonchev–Trinajstić information content (AvgIpc) is 3.06. The fraction of sp³-hybridized carbons (Fsp3) is 0.296. The maximum atomic E-state index is 11.4. The molecule has 0 unspecified atom stereocenters. The van der Waals surface area contributed by atoms with Crippen molar-refractivity contribution in [3.8, 4) is 17.2 Å². The first-order valence-corrected chi connectivity index (χ1v) is 11.5. The molecule has 3 N–H and O–H groups in total. The Labute approximate surface area is 197 Å². The highest BCUT2D eigenvalue weighted by Crippen LogP contribution is 2.56. The second-order valence-electron chi connectivity index (χ2n) is 9.16.